The van der Waals surface area contributed by atoms with E-state index in [1.807, 2.05) is 0 Å². The molecule has 0 spiro atoms. The lowest BCUT2D eigenvalue weighted by molar-refractivity contribution is 0.0729. The Kier molecular flexibility index (Phi) is 4.73. The van der Waals surface area contributed by atoms with E-state index < -0.39 is 15.8 Å². The van der Waals surface area contributed by atoms with E-state index in [0.29, 0.717) is 18.8 Å². The van der Waals surface area contributed by atoms with Crippen LogP contribution >= 0.6 is 0 Å². The largest absolute Gasteiger partial charge is 0.379 e. The van der Waals surface area contributed by atoms with Gasteiger partial charge in [-0.1, -0.05) is 11.8 Å². The molecule has 0 aromatic heterocycles. The van der Waals surface area contributed by atoms with Gasteiger partial charge in [0.2, 0.25) is 10.0 Å². The van der Waals surface area contributed by atoms with Gasteiger partial charge in [0.25, 0.3) is 0 Å². The molecule has 0 unspecified atom stereocenters. The van der Waals surface area contributed by atoms with Gasteiger partial charge in [-0.05, 0) is 18.2 Å². The number of ether oxygens (including phenoxy) is 1. The minimum absolute atomic E-state index is 0.162. The topological polar surface area (TPSA) is 72.6 Å². The highest BCUT2D eigenvalue weighted by atomic mass is 32.2. The van der Waals surface area contributed by atoms with Crippen molar-refractivity contribution in [1.82, 2.24) is 4.31 Å². The second-order valence-corrected chi connectivity index (χ2v) is 6.07. The van der Waals surface area contributed by atoms with E-state index in [0.717, 1.165) is 6.07 Å². The highest BCUT2D eigenvalue weighted by Gasteiger charge is 2.28. The second kappa shape index (κ2) is 6.33. The molecule has 1 aromatic rings. The Balaban J connectivity index is 2.32. The summed E-state index contributed by atoms with van der Waals surface area (Å²) in [5.41, 5.74) is 5.63. The molecule has 1 aliphatic rings. The molecule has 1 aliphatic heterocycles. The normalized spacial score (nSPS) is 16.5. The molecule has 1 heterocycles. The molecular weight excluding hydrogens is 283 g/mol. The SMILES string of the molecule is NCC#Cc1ccc(S(=O)(=O)N2CCOCC2)c(F)c1. The van der Waals surface area contributed by atoms with Crippen molar-refractivity contribution in [3.8, 4) is 11.8 Å². The molecule has 0 radical (unpaired) electrons. The predicted molar refractivity (Wildman–Crippen MR) is 71.9 cm³/mol. The van der Waals surface area contributed by atoms with E-state index in [1.54, 1.807) is 0 Å². The number of hydrogen-bond donors (Lipinski definition) is 1. The Morgan fingerprint density at radius 2 is 2.05 bits per heavy atom. The molecule has 1 aromatic carbocycles. The fraction of sp³-hybridized carbons (Fsp3) is 0.385. The fourth-order valence-corrected chi connectivity index (χ4v) is 3.32. The predicted octanol–water partition coefficient (Wildman–Crippen LogP) is 0.157. The number of hydrogen-bond acceptors (Lipinski definition) is 4. The smallest absolute Gasteiger partial charge is 0.246 e. The van der Waals surface area contributed by atoms with Crippen LogP contribution in [0.1, 0.15) is 5.56 Å². The Morgan fingerprint density at radius 3 is 2.65 bits per heavy atom. The van der Waals surface area contributed by atoms with Crippen LogP contribution < -0.4 is 5.73 Å². The van der Waals surface area contributed by atoms with Crippen LogP contribution in [-0.4, -0.2) is 45.6 Å². The van der Waals surface area contributed by atoms with Gasteiger partial charge in [0.15, 0.2) is 0 Å². The van der Waals surface area contributed by atoms with Crippen LogP contribution in [-0.2, 0) is 14.8 Å². The molecule has 7 heteroatoms. The molecule has 1 fully saturated rings. The lowest BCUT2D eigenvalue weighted by Crippen LogP contribution is -2.40. The highest BCUT2D eigenvalue weighted by Crippen LogP contribution is 2.21. The van der Waals surface area contributed by atoms with Gasteiger partial charge in [0, 0.05) is 18.7 Å². The van der Waals surface area contributed by atoms with Crippen molar-refractivity contribution < 1.29 is 17.5 Å². The van der Waals surface area contributed by atoms with Crippen LogP contribution in [0.5, 0.6) is 0 Å². The van der Waals surface area contributed by atoms with Crippen molar-refractivity contribution in [2.45, 2.75) is 4.90 Å². The maximum Gasteiger partial charge on any atom is 0.246 e. The fourth-order valence-electron chi connectivity index (χ4n) is 1.87. The third kappa shape index (κ3) is 3.16. The van der Waals surface area contributed by atoms with Crippen molar-refractivity contribution in [2.24, 2.45) is 5.73 Å². The molecule has 108 valence electrons. The first-order valence-electron chi connectivity index (χ1n) is 6.12. The van der Waals surface area contributed by atoms with Crippen molar-refractivity contribution in [3.05, 3.63) is 29.6 Å². The third-order valence-electron chi connectivity index (χ3n) is 2.85. The summed E-state index contributed by atoms with van der Waals surface area (Å²) in [6, 6.07) is 3.82. The molecule has 0 atom stereocenters. The number of rotatable bonds is 2. The third-order valence-corrected chi connectivity index (χ3v) is 4.79. The summed E-state index contributed by atoms with van der Waals surface area (Å²) in [5.74, 6) is 4.44. The lowest BCUT2D eigenvalue weighted by atomic mass is 10.2. The van der Waals surface area contributed by atoms with Crippen molar-refractivity contribution >= 4 is 10.0 Å². The molecule has 2 N–H and O–H groups in total. The molecule has 0 aliphatic carbocycles. The number of halogens is 1. The summed E-state index contributed by atoms with van der Waals surface area (Å²) < 4.78 is 44.9. The van der Waals surface area contributed by atoms with Gasteiger partial charge in [-0.25, -0.2) is 12.8 Å². The number of nitrogens with zero attached hydrogens (tertiary/aromatic N) is 1. The van der Waals surface area contributed by atoms with Crippen LogP contribution in [0.2, 0.25) is 0 Å². The highest BCUT2D eigenvalue weighted by molar-refractivity contribution is 7.89. The summed E-state index contributed by atoms with van der Waals surface area (Å²) in [5, 5.41) is 0. The van der Waals surface area contributed by atoms with Crippen LogP contribution in [0.4, 0.5) is 4.39 Å². The first kappa shape index (κ1) is 14.9. The lowest BCUT2D eigenvalue weighted by Gasteiger charge is -2.26. The van der Waals surface area contributed by atoms with Gasteiger partial charge in [0.1, 0.15) is 10.7 Å². The molecule has 2 rings (SSSR count). The molecule has 0 amide bonds. The molecule has 20 heavy (non-hydrogen) atoms. The monoisotopic (exact) mass is 298 g/mol. The van der Waals surface area contributed by atoms with E-state index in [4.69, 9.17) is 10.5 Å². The van der Waals surface area contributed by atoms with E-state index in [9.17, 15) is 12.8 Å². The van der Waals surface area contributed by atoms with E-state index >= 15 is 0 Å². The maximum absolute atomic E-state index is 14.0. The Hall–Kier alpha value is -1.46. The number of sulfonamides is 1. The van der Waals surface area contributed by atoms with Gasteiger partial charge in [-0.15, -0.1) is 0 Å². The van der Waals surface area contributed by atoms with Crippen LogP contribution in [0.15, 0.2) is 23.1 Å². The van der Waals surface area contributed by atoms with Gasteiger partial charge in [-0.2, -0.15) is 4.31 Å². The number of morpholine rings is 1. The zero-order valence-electron chi connectivity index (χ0n) is 10.8. The van der Waals surface area contributed by atoms with E-state index in [-0.39, 0.29) is 24.5 Å². The molecule has 1 saturated heterocycles. The summed E-state index contributed by atoms with van der Waals surface area (Å²) in [6.45, 7) is 1.27. The summed E-state index contributed by atoms with van der Waals surface area (Å²) >= 11 is 0. The number of nitrogens with two attached hydrogens (primary N) is 1. The first-order chi connectivity index (χ1) is 9.55. The van der Waals surface area contributed by atoms with Gasteiger partial charge < -0.3 is 10.5 Å². The standard InChI is InChI=1S/C13H15FN2O3S/c14-12-10-11(2-1-5-15)3-4-13(12)20(17,18)16-6-8-19-9-7-16/h3-4,10H,5-9,15H2. The average Bonchev–Trinajstić information content (AvgIpc) is 2.46. The summed E-state index contributed by atoms with van der Waals surface area (Å²) in [6.07, 6.45) is 0. The Morgan fingerprint density at radius 1 is 1.35 bits per heavy atom. The number of benzene rings is 1. The molecule has 5 nitrogen and oxygen atoms in total. The Bertz CT molecular complexity index is 643. The van der Waals surface area contributed by atoms with Gasteiger partial charge >= 0.3 is 0 Å². The van der Waals surface area contributed by atoms with Crippen LogP contribution in [0.3, 0.4) is 0 Å². The molecule has 0 saturated carbocycles. The Labute approximate surface area is 117 Å². The van der Waals surface area contributed by atoms with E-state index in [2.05, 4.69) is 11.8 Å². The second-order valence-electron chi connectivity index (χ2n) is 4.17. The van der Waals surface area contributed by atoms with Crippen LogP contribution in [0.25, 0.3) is 0 Å². The van der Waals surface area contributed by atoms with Gasteiger partial charge in [0.05, 0.1) is 19.8 Å². The van der Waals surface area contributed by atoms with E-state index in [1.165, 1.54) is 16.4 Å². The van der Waals surface area contributed by atoms with Crippen molar-refractivity contribution in [3.63, 3.8) is 0 Å². The molecular formula is C13H15FN2O3S. The van der Waals surface area contributed by atoms with Crippen LogP contribution in [0, 0.1) is 17.7 Å². The zero-order chi connectivity index (χ0) is 14.6. The summed E-state index contributed by atoms with van der Waals surface area (Å²) in [4.78, 5) is -0.335. The van der Waals surface area contributed by atoms with Crippen molar-refractivity contribution in [2.75, 3.05) is 32.8 Å². The maximum atomic E-state index is 14.0. The quantitative estimate of drug-likeness (QED) is 0.789. The summed E-state index contributed by atoms with van der Waals surface area (Å²) in [7, 11) is -3.82. The zero-order valence-corrected chi connectivity index (χ0v) is 11.6. The molecule has 0 bridgehead atoms. The minimum Gasteiger partial charge on any atom is -0.379 e. The van der Waals surface area contributed by atoms with Gasteiger partial charge in [-0.3, -0.25) is 0 Å². The minimum atomic E-state index is -3.82. The van der Waals surface area contributed by atoms with Crippen molar-refractivity contribution in [1.29, 1.82) is 0 Å². The first-order valence-corrected chi connectivity index (χ1v) is 7.56. The average molecular weight is 298 g/mol.